The maximum atomic E-state index is 14.5. The lowest BCUT2D eigenvalue weighted by molar-refractivity contribution is -0.277. The fourth-order valence-electron chi connectivity index (χ4n) is 4.44. The highest BCUT2D eigenvalue weighted by Crippen LogP contribution is 2.56. The molecule has 1 amide bonds. The van der Waals surface area contributed by atoms with E-state index in [0.29, 0.717) is 0 Å². The summed E-state index contributed by atoms with van der Waals surface area (Å²) in [4.78, 5) is 15.5. The van der Waals surface area contributed by atoms with Crippen molar-refractivity contribution in [3.63, 3.8) is 0 Å². The minimum absolute atomic E-state index is 0.0171. The second-order valence-corrected chi connectivity index (χ2v) is 8.07. The number of nitrogens with two attached hydrogens (primary N) is 1. The van der Waals surface area contributed by atoms with Gasteiger partial charge in [-0.1, -0.05) is 13.0 Å². The van der Waals surface area contributed by atoms with E-state index in [2.05, 4.69) is 10.3 Å². The van der Waals surface area contributed by atoms with Gasteiger partial charge in [0.1, 0.15) is 6.10 Å². The molecule has 33 heavy (non-hydrogen) atoms. The second-order valence-electron chi connectivity index (χ2n) is 8.07. The molecule has 1 saturated heterocycles. The van der Waals surface area contributed by atoms with E-state index in [1.165, 1.54) is 19.2 Å². The quantitative estimate of drug-likeness (QED) is 0.657. The number of benzene rings is 1. The lowest BCUT2D eigenvalue weighted by Gasteiger charge is -2.32. The third kappa shape index (κ3) is 3.43. The Morgan fingerprint density at radius 3 is 2.58 bits per heavy atom. The fourth-order valence-corrected chi connectivity index (χ4v) is 4.44. The summed E-state index contributed by atoms with van der Waals surface area (Å²) in [6.45, 7) is 2.19. The number of alkyl halides is 3. The Labute approximate surface area is 185 Å². The number of primary amides is 1. The molecule has 2 aromatic rings. The molecular formula is C21H20F5N3O4. The lowest BCUT2D eigenvalue weighted by atomic mass is 9.76. The van der Waals surface area contributed by atoms with Gasteiger partial charge in [0.05, 0.1) is 12.8 Å². The molecule has 12 heteroatoms. The summed E-state index contributed by atoms with van der Waals surface area (Å²) in [5, 5.41) is 2.87. The van der Waals surface area contributed by atoms with Crippen LogP contribution in [0.3, 0.4) is 0 Å². The Morgan fingerprint density at radius 1 is 1.27 bits per heavy atom. The number of carbonyl (C=O) groups is 1. The average Bonchev–Trinajstić information content (AvgIpc) is 3.29. The number of nitrogens with zero attached hydrogens (tertiary/aromatic N) is 1. The summed E-state index contributed by atoms with van der Waals surface area (Å²) in [5.74, 6) is -6.40. The highest BCUT2D eigenvalue weighted by molar-refractivity contribution is 5.96. The number of pyridine rings is 1. The molecular weight excluding hydrogens is 453 g/mol. The van der Waals surface area contributed by atoms with Crippen molar-refractivity contribution in [3.05, 3.63) is 47.3 Å². The number of anilines is 1. The number of methoxy groups -OCH3 is 1. The topological polar surface area (TPSA) is 95.7 Å². The molecule has 7 nitrogen and oxygen atoms in total. The zero-order valence-corrected chi connectivity index (χ0v) is 17.7. The van der Waals surface area contributed by atoms with E-state index in [0.717, 1.165) is 26.2 Å². The molecule has 5 atom stereocenters. The number of hydrogen-bond acceptors (Lipinski definition) is 6. The molecule has 1 fully saturated rings. The maximum Gasteiger partial charge on any atom is 0.417 e. The number of rotatable bonds is 4. The standard InChI is InChI=1S/C21H20F5N3O4/c1-8-12(9-4-5-10(22)13(23)15(9)31-3)17(33-20(8,2)21(24,25)26)19-29-11-6-7-28-14(18(27)30)16(11)32-19/h4-8,12,17,19,29H,1-3H3,(H2,27,30)/t8-,12-,17+,19?,20+/m0/s1. The predicted molar refractivity (Wildman–Crippen MR) is 105 cm³/mol. The van der Waals surface area contributed by atoms with Crippen LogP contribution < -0.4 is 20.5 Å². The Balaban J connectivity index is 1.82. The smallest absolute Gasteiger partial charge is 0.417 e. The molecule has 0 saturated carbocycles. The largest absolute Gasteiger partial charge is 0.493 e. The first kappa shape index (κ1) is 23.0. The molecule has 0 bridgehead atoms. The highest BCUT2D eigenvalue weighted by Gasteiger charge is 2.66. The van der Waals surface area contributed by atoms with E-state index in [9.17, 15) is 26.7 Å². The van der Waals surface area contributed by atoms with Crippen molar-refractivity contribution in [2.75, 3.05) is 12.4 Å². The zero-order chi connectivity index (χ0) is 24.3. The van der Waals surface area contributed by atoms with Crippen molar-refractivity contribution in [2.45, 2.75) is 43.9 Å². The molecule has 4 rings (SSSR count). The summed E-state index contributed by atoms with van der Waals surface area (Å²) in [6, 6.07) is 3.43. The monoisotopic (exact) mass is 473 g/mol. The van der Waals surface area contributed by atoms with E-state index in [4.69, 9.17) is 19.9 Å². The Hall–Kier alpha value is -3.15. The molecule has 3 heterocycles. The minimum Gasteiger partial charge on any atom is -0.493 e. The van der Waals surface area contributed by atoms with Gasteiger partial charge in [0, 0.05) is 23.6 Å². The van der Waals surface area contributed by atoms with E-state index in [-0.39, 0.29) is 22.7 Å². The van der Waals surface area contributed by atoms with Crippen LogP contribution in [-0.2, 0) is 4.74 Å². The summed E-state index contributed by atoms with van der Waals surface area (Å²) < 4.78 is 86.8. The number of hydrogen-bond donors (Lipinski definition) is 2. The van der Waals surface area contributed by atoms with Gasteiger partial charge >= 0.3 is 6.18 Å². The number of ether oxygens (including phenoxy) is 3. The van der Waals surface area contributed by atoms with Gasteiger partial charge in [-0.2, -0.15) is 17.6 Å². The van der Waals surface area contributed by atoms with Crippen molar-refractivity contribution >= 4 is 11.6 Å². The molecule has 0 spiro atoms. The van der Waals surface area contributed by atoms with Crippen molar-refractivity contribution in [1.29, 1.82) is 0 Å². The van der Waals surface area contributed by atoms with Crippen LogP contribution in [0, 0.1) is 17.6 Å². The summed E-state index contributed by atoms with van der Waals surface area (Å²) in [5.41, 5.74) is 2.71. The third-order valence-electron chi connectivity index (χ3n) is 6.33. The number of fused-ring (bicyclic) bond motifs is 1. The molecule has 1 aromatic heterocycles. The van der Waals surface area contributed by atoms with Gasteiger partial charge in [-0.25, -0.2) is 9.37 Å². The summed E-state index contributed by atoms with van der Waals surface area (Å²) in [6.07, 6.45) is -6.09. The third-order valence-corrected chi connectivity index (χ3v) is 6.33. The molecule has 1 unspecified atom stereocenters. The van der Waals surface area contributed by atoms with Crippen molar-refractivity contribution in [2.24, 2.45) is 11.7 Å². The van der Waals surface area contributed by atoms with Crippen LogP contribution in [-0.4, -0.2) is 42.1 Å². The number of amides is 1. The molecule has 2 aliphatic heterocycles. The Morgan fingerprint density at radius 2 is 1.97 bits per heavy atom. The van der Waals surface area contributed by atoms with Crippen LogP contribution >= 0.6 is 0 Å². The van der Waals surface area contributed by atoms with Gasteiger partial charge in [0.15, 0.2) is 34.8 Å². The Kier molecular flexibility index (Phi) is 5.38. The summed E-state index contributed by atoms with van der Waals surface area (Å²) in [7, 11) is 1.09. The van der Waals surface area contributed by atoms with E-state index in [1.807, 2.05) is 0 Å². The summed E-state index contributed by atoms with van der Waals surface area (Å²) >= 11 is 0. The second kappa shape index (κ2) is 7.72. The number of halogens is 5. The molecule has 1 aromatic carbocycles. The van der Waals surface area contributed by atoms with Crippen LogP contribution in [0.5, 0.6) is 11.5 Å². The zero-order valence-electron chi connectivity index (χ0n) is 17.7. The highest BCUT2D eigenvalue weighted by atomic mass is 19.4. The molecule has 0 radical (unpaired) electrons. The first-order valence-corrected chi connectivity index (χ1v) is 9.89. The van der Waals surface area contributed by atoms with E-state index in [1.54, 1.807) is 0 Å². The van der Waals surface area contributed by atoms with Crippen LogP contribution in [0.15, 0.2) is 24.4 Å². The minimum atomic E-state index is -4.80. The van der Waals surface area contributed by atoms with Gasteiger partial charge in [0.2, 0.25) is 5.82 Å². The van der Waals surface area contributed by atoms with Gasteiger partial charge in [-0.3, -0.25) is 4.79 Å². The van der Waals surface area contributed by atoms with Crippen LogP contribution in [0.25, 0.3) is 0 Å². The Bertz CT molecular complexity index is 1110. The molecule has 178 valence electrons. The molecule has 3 N–H and O–H groups in total. The van der Waals surface area contributed by atoms with Gasteiger partial charge in [-0.05, 0) is 19.1 Å². The van der Waals surface area contributed by atoms with Crippen LogP contribution in [0.4, 0.5) is 27.6 Å². The fraction of sp³-hybridized carbons (Fsp3) is 0.429. The van der Waals surface area contributed by atoms with E-state index >= 15 is 0 Å². The van der Waals surface area contributed by atoms with Crippen LogP contribution in [0.2, 0.25) is 0 Å². The average molecular weight is 473 g/mol. The number of aromatic nitrogens is 1. The van der Waals surface area contributed by atoms with Crippen LogP contribution in [0.1, 0.15) is 35.8 Å². The normalized spacial score (nSPS) is 28.7. The van der Waals surface area contributed by atoms with Crippen molar-refractivity contribution in [3.8, 4) is 11.5 Å². The van der Waals surface area contributed by atoms with E-state index < -0.39 is 59.2 Å². The lowest BCUT2D eigenvalue weighted by Crippen LogP contribution is -2.47. The van der Waals surface area contributed by atoms with Crippen molar-refractivity contribution < 1.29 is 41.0 Å². The number of carbonyl (C=O) groups excluding carboxylic acids is 1. The van der Waals surface area contributed by atoms with Gasteiger partial charge in [-0.15, -0.1) is 0 Å². The first-order valence-electron chi connectivity index (χ1n) is 9.89. The van der Waals surface area contributed by atoms with Gasteiger partial charge < -0.3 is 25.3 Å². The first-order chi connectivity index (χ1) is 15.4. The van der Waals surface area contributed by atoms with Crippen molar-refractivity contribution in [1.82, 2.24) is 4.98 Å². The van der Waals surface area contributed by atoms with Gasteiger partial charge in [0.25, 0.3) is 5.91 Å². The predicted octanol–water partition coefficient (Wildman–Crippen LogP) is 3.74. The SMILES string of the molecule is COc1c([C@H]2[C@H](C3Nc4ccnc(C(N)=O)c4O3)O[C@@](C)(C(F)(F)F)[C@H]2C)ccc(F)c1F. The molecule has 0 aliphatic carbocycles. The maximum absolute atomic E-state index is 14.5. The number of nitrogens with one attached hydrogen (secondary N) is 1. The molecule has 2 aliphatic rings.